The van der Waals surface area contributed by atoms with E-state index >= 15 is 0 Å². The Balaban J connectivity index is 2.02. The van der Waals surface area contributed by atoms with E-state index < -0.39 is 53.8 Å². The number of hydrogen-bond acceptors (Lipinski definition) is 8. The normalized spacial score (nSPS) is 25.1. The molecular formula is C32H51N7O6. The molecule has 2 aliphatic heterocycles. The number of nitrogens with one attached hydrogen (secondary N) is 4. The van der Waals surface area contributed by atoms with E-state index in [0.29, 0.717) is 76.6 Å². The summed E-state index contributed by atoms with van der Waals surface area (Å²) >= 11 is 0. The summed E-state index contributed by atoms with van der Waals surface area (Å²) in [6.07, 6.45) is 4.43. The molecule has 0 bridgehead atoms. The maximum Gasteiger partial charge on any atom is 0.245 e. The molecule has 45 heavy (non-hydrogen) atoms. The highest BCUT2D eigenvalue weighted by Gasteiger charge is 2.40. The predicted octanol–water partition coefficient (Wildman–Crippen LogP) is 0.183. The van der Waals surface area contributed by atoms with Gasteiger partial charge in [0.05, 0.1) is 0 Å². The molecule has 1 unspecified atom stereocenters. The average Bonchev–Trinajstić information content (AvgIpc) is 3.49. The van der Waals surface area contributed by atoms with Gasteiger partial charge in [-0.15, -0.1) is 0 Å². The maximum atomic E-state index is 13.9. The summed E-state index contributed by atoms with van der Waals surface area (Å²) in [7, 11) is 0. The van der Waals surface area contributed by atoms with Crippen molar-refractivity contribution in [3.63, 3.8) is 0 Å². The van der Waals surface area contributed by atoms with Crippen molar-refractivity contribution >= 4 is 29.5 Å². The van der Waals surface area contributed by atoms with Crippen LogP contribution in [0.3, 0.4) is 0 Å². The number of phenolic OH excluding ortho intramolecular Hbond substituents is 1. The number of nitrogens with zero attached hydrogens (tertiary/aromatic N) is 1. The van der Waals surface area contributed by atoms with Gasteiger partial charge < -0.3 is 42.7 Å². The Morgan fingerprint density at radius 1 is 0.756 bits per heavy atom. The Morgan fingerprint density at radius 2 is 1.27 bits per heavy atom. The quantitative estimate of drug-likeness (QED) is 0.158. The van der Waals surface area contributed by atoms with E-state index in [9.17, 15) is 29.1 Å². The summed E-state index contributed by atoms with van der Waals surface area (Å²) in [5, 5.41) is 21.1. The molecule has 5 amide bonds. The van der Waals surface area contributed by atoms with Gasteiger partial charge in [-0.25, -0.2) is 0 Å². The van der Waals surface area contributed by atoms with Gasteiger partial charge in [-0.1, -0.05) is 26.0 Å². The number of rotatable bonds is 12. The van der Waals surface area contributed by atoms with Gasteiger partial charge in [0.25, 0.3) is 0 Å². The topological polar surface area (TPSA) is 209 Å². The molecule has 0 radical (unpaired) electrons. The van der Waals surface area contributed by atoms with Crippen LogP contribution in [0, 0.1) is 5.92 Å². The molecule has 13 heteroatoms. The Hall–Kier alpha value is -3.71. The van der Waals surface area contributed by atoms with Crippen LogP contribution in [-0.2, 0) is 30.4 Å². The summed E-state index contributed by atoms with van der Waals surface area (Å²) in [6.45, 7) is 5.07. The Kier molecular flexibility index (Phi) is 14.1. The number of phenols is 1. The van der Waals surface area contributed by atoms with Crippen LogP contribution >= 0.6 is 0 Å². The van der Waals surface area contributed by atoms with Crippen molar-refractivity contribution in [2.75, 3.05) is 19.6 Å². The number of hydrogen-bond donors (Lipinski definition) is 7. The molecule has 3 rings (SSSR count). The Morgan fingerprint density at radius 3 is 1.80 bits per heavy atom. The first-order chi connectivity index (χ1) is 21.5. The van der Waals surface area contributed by atoms with Gasteiger partial charge in [0.15, 0.2) is 0 Å². The van der Waals surface area contributed by atoms with E-state index in [-0.39, 0.29) is 30.4 Å². The minimum absolute atomic E-state index is 0.0601. The van der Waals surface area contributed by atoms with Gasteiger partial charge in [-0.05, 0) is 94.5 Å². The number of benzene rings is 1. The molecule has 0 aromatic heterocycles. The molecule has 0 spiro atoms. The highest BCUT2D eigenvalue weighted by atomic mass is 16.3. The molecule has 2 fully saturated rings. The zero-order valence-corrected chi connectivity index (χ0v) is 26.6. The standard InChI is InChI=1S/C32H51N7O6/c1-20(2)18-26-32(45)39-17-7-10-27(39)31(44)37-25(19-21-11-13-22(40)14-12-21)30(43)36-23(8-3-5-15-33)28(41)35-24(29(42)38-26)9-4-6-16-34/h11-14,20,23-27,40H,3-10,15-19,33-34H2,1-2H3,(H,35,41)(H,36,43)(H,37,44)(H,38,42)/t23-,24?,25+,26+,27-/m0/s1. The zero-order valence-electron chi connectivity index (χ0n) is 26.6. The molecular weight excluding hydrogens is 578 g/mol. The summed E-state index contributed by atoms with van der Waals surface area (Å²) in [5.74, 6) is -2.33. The average molecular weight is 630 g/mol. The van der Waals surface area contributed by atoms with Gasteiger partial charge >= 0.3 is 0 Å². The highest BCUT2D eigenvalue weighted by Crippen LogP contribution is 2.22. The molecule has 1 aromatic carbocycles. The third-order valence-electron chi connectivity index (χ3n) is 8.33. The van der Waals surface area contributed by atoms with E-state index in [2.05, 4.69) is 21.3 Å². The number of amides is 5. The van der Waals surface area contributed by atoms with Gasteiger partial charge in [-0.2, -0.15) is 0 Å². The monoisotopic (exact) mass is 629 g/mol. The van der Waals surface area contributed by atoms with E-state index in [0.717, 1.165) is 0 Å². The van der Waals surface area contributed by atoms with Crippen LogP contribution in [0.25, 0.3) is 0 Å². The van der Waals surface area contributed by atoms with Crippen LogP contribution in [-0.4, -0.2) is 89.4 Å². The number of fused-ring (bicyclic) bond motifs is 1. The summed E-state index contributed by atoms with van der Waals surface area (Å²) in [5.41, 5.74) is 12.1. The van der Waals surface area contributed by atoms with Crippen molar-refractivity contribution in [3.8, 4) is 5.75 Å². The highest BCUT2D eigenvalue weighted by molar-refractivity contribution is 5.98. The van der Waals surface area contributed by atoms with E-state index in [1.54, 1.807) is 12.1 Å². The molecule has 5 atom stereocenters. The number of unbranched alkanes of at least 4 members (excludes halogenated alkanes) is 2. The molecule has 0 saturated carbocycles. The minimum atomic E-state index is -1.07. The molecule has 9 N–H and O–H groups in total. The lowest BCUT2D eigenvalue weighted by molar-refractivity contribution is -0.142. The Labute approximate surface area is 265 Å². The predicted molar refractivity (Wildman–Crippen MR) is 170 cm³/mol. The molecule has 250 valence electrons. The molecule has 13 nitrogen and oxygen atoms in total. The van der Waals surface area contributed by atoms with Gasteiger partial charge in [0.2, 0.25) is 29.5 Å². The lowest BCUT2D eigenvalue weighted by Crippen LogP contribution is -2.57. The largest absolute Gasteiger partial charge is 0.508 e. The summed E-state index contributed by atoms with van der Waals surface area (Å²) in [6, 6.07) is 1.57. The smallest absolute Gasteiger partial charge is 0.245 e. The molecule has 2 aliphatic rings. The van der Waals surface area contributed by atoms with E-state index in [1.807, 2.05) is 13.8 Å². The lowest BCUT2D eigenvalue weighted by Gasteiger charge is -2.31. The summed E-state index contributed by atoms with van der Waals surface area (Å²) in [4.78, 5) is 70.2. The number of carbonyl (C=O) groups is 5. The van der Waals surface area contributed by atoms with Gasteiger partial charge in [0.1, 0.15) is 36.0 Å². The second-order valence-electron chi connectivity index (χ2n) is 12.5. The maximum absolute atomic E-state index is 13.9. The van der Waals surface area contributed by atoms with Crippen LogP contribution in [0.1, 0.15) is 77.2 Å². The van der Waals surface area contributed by atoms with Crippen molar-refractivity contribution in [2.24, 2.45) is 17.4 Å². The second kappa shape index (κ2) is 17.7. The second-order valence-corrected chi connectivity index (χ2v) is 12.5. The van der Waals surface area contributed by atoms with Crippen molar-refractivity contribution in [2.45, 2.75) is 108 Å². The number of nitrogens with two attached hydrogens (primary N) is 2. The van der Waals surface area contributed by atoms with Crippen molar-refractivity contribution in [3.05, 3.63) is 29.8 Å². The third-order valence-corrected chi connectivity index (χ3v) is 8.33. The lowest BCUT2D eigenvalue weighted by atomic mass is 10.0. The van der Waals surface area contributed by atoms with Crippen LogP contribution in [0.2, 0.25) is 0 Å². The van der Waals surface area contributed by atoms with E-state index in [1.165, 1.54) is 17.0 Å². The SMILES string of the molecule is CC(C)C[C@H]1NC(=O)C(CCCCN)NC(=O)[C@H](CCCCN)NC(=O)[C@@H](Cc2ccc(O)cc2)NC(=O)[C@@H]2CCCN2C1=O. The molecule has 2 heterocycles. The van der Waals surface area contributed by atoms with Gasteiger partial charge in [0, 0.05) is 13.0 Å². The zero-order chi connectivity index (χ0) is 32.9. The van der Waals surface area contributed by atoms with Crippen molar-refractivity contribution in [1.29, 1.82) is 0 Å². The van der Waals surface area contributed by atoms with Crippen molar-refractivity contribution < 1.29 is 29.1 Å². The molecule has 1 aromatic rings. The minimum Gasteiger partial charge on any atom is -0.508 e. The first-order valence-corrected chi connectivity index (χ1v) is 16.2. The third kappa shape index (κ3) is 10.7. The fourth-order valence-corrected chi connectivity index (χ4v) is 5.88. The number of aromatic hydroxyl groups is 1. The van der Waals surface area contributed by atoms with Crippen LogP contribution in [0.4, 0.5) is 0 Å². The van der Waals surface area contributed by atoms with Crippen LogP contribution in [0.5, 0.6) is 5.75 Å². The first-order valence-electron chi connectivity index (χ1n) is 16.2. The van der Waals surface area contributed by atoms with Crippen LogP contribution in [0.15, 0.2) is 24.3 Å². The number of carbonyl (C=O) groups excluding carboxylic acids is 5. The Bertz CT molecular complexity index is 1160. The van der Waals surface area contributed by atoms with E-state index in [4.69, 9.17) is 11.5 Å². The van der Waals surface area contributed by atoms with Gasteiger partial charge in [-0.3, -0.25) is 24.0 Å². The molecule has 0 aliphatic carbocycles. The first kappa shape index (κ1) is 35.8. The fraction of sp³-hybridized carbons (Fsp3) is 0.656. The summed E-state index contributed by atoms with van der Waals surface area (Å²) < 4.78 is 0. The van der Waals surface area contributed by atoms with Crippen molar-refractivity contribution in [1.82, 2.24) is 26.2 Å². The molecule has 2 saturated heterocycles. The fourth-order valence-electron chi connectivity index (χ4n) is 5.88. The van der Waals surface area contributed by atoms with Crippen LogP contribution < -0.4 is 32.7 Å².